The van der Waals surface area contributed by atoms with Crippen LogP contribution in [-0.2, 0) is 4.74 Å². The van der Waals surface area contributed by atoms with Crippen LogP contribution in [0.15, 0.2) is 18.2 Å². The van der Waals surface area contributed by atoms with E-state index in [1.807, 2.05) is 19.1 Å². The molecule has 0 spiro atoms. The van der Waals surface area contributed by atoms with Crippen molar-refractivity contribution in [1.82, 2.24) is 5.32 Å². The minimum atomic E-state index is -0.550. The largest absolute Gasteiger partial charge is 0.491 e. The number of hydrogen-bond donors (Lipinski definition) is 2. The topological polar surface area (TPSA) is 50.7 Å². The van der Waals surface area contributed by atoms with Crippen molar-refractivity contribution >= 4 is 11.6 Å². The Labute approximate surface area is 131 Å². The van der Waals surface area contributed by atoms with E-state index in [4.69, 9.17) is 21.1 Å². The number of ether oxygens (including phenoxy) is 2. The van der Waals surface area contributed by atoms with Crippen LogP contribution in [0.3, 0.4) is 0 Å². The van der Waals surface area contributed by atoms with Crippen LogP contribution in [0.2, 0.25) is 5.02 Å². The molecule has 1 saturated heterocycles. The maximum atomic E-state index is 9.94. The molecule has 1 heterocycles. The summed E-state index contributed by atoms with van der Waals surface area (Å²) >= 11 is 5.96. The van der Waals surface area contributed by atoms with Crippen LogP contribution in [0.25, 0.3) is 0 Å². The maximum absolute atomic E-state index is 9.94. The van der Waals surface area contributed by atoms with Crippen LogP contribution in [0.5, 0.6) is 5.75 Å². The number of aliphatic hydroxyl groups is 1. The monoisotopic (exact) mass is 313 g/mol. The summed E-state index contributed by atoms with van der Waals surface area (Å²) in [5, 5.41) is 13.9. The van der Waals surface area contributed by atoms with Gasteiger partial charge in [0.05, 0.1) is 5.60 Å². The Morgan fingerprint density at radius 3 is 3.00 bits per heavy atom. The number of halogens is 1. The van der Waals surface area contributed by atoms with E-state index in [-0.39, 0.29) is 12.2 Å². The van der Waals surface area contributed by atoms with Crippen molar-refractivity contribution in [2.45, 2.75) is 38.4 Å². The molecule has 1 aromatic rings. The van der Waals surface area contributed by atoms with Gasteiger partial charge in [0.25, 0.3) is 0 Å². The van der Waals surface area contributed by atoms with Gasteiger partial charge in [-0.1, -0.05) is 11.6 Å². The lowest BCUT2D eigenvalue weighted by Gasteiger charge is -2.24. The summed E-state index contributed by atoms with van der Waals surface area (Å²) in [5.41, 5.74) is 0.876. The van der Waals surface area contributed by atoms with Crippen LogP contribution in [0.4, 0.5) is 0 Å². The van der Waals surface area contributed by atoms with Gasteiger partial charge in [-0.05, 0) is 50.5 Å². The lowest BCUT2D eigenvalue weighted by atomic mass is 10.0. The first-order valence-corrected chi connectivity index (χ1v) is 7.78. The zero-order valence-electron chi connectivity index (χ0n) is 12.7. The summed E-state index contributed by atoms with van der Waals surface area (Å²) in [6.45, 7) is 6.36. The molecule has 0 saturated carbocycles. The van der Waals surface area contributed by atoms with Gasteiger partial charge in [-0.25, -0.2) is 0 Å². The first-order chi connectivity index (χ1) is 9.98. The zero-order chi connectivity index (χ0) is 15.3. The second-order valence-corrected chi connectivity index (χ2v) is 6.32. The van der Waals surface area contributed by atoms with Crippen molar-refractivity contribution < 1.29 is 14.6 Å². The molecule has 1 fully saturated rings. The quantitative estimate of drug-likeness (QED) is 0.812. The summed E-state index contributed by atoms with van der Waals surface area (Å²) in [6.07, 6.45) is 1.63. The fourth-order valence-corrected chi connectivity index (χ4v) is 2.56. The van der Waals surface area contributed by atoms with Gasteiger partial charge in [-0.3, -0.25) is 0 Å². The van der Waals surface area contributed by atoms with Crippen LogP contribution >= 0.6 is 11.6 Å². The van der Waals surface area contributed by atoms with E-state index in [1.165, 1.54) is 0 Å². The highest BCUT2D eigenvalue weighted by Gasteiger charge is 2.29. The van der Waals surface area contributed by atoms with Crippen molar-refractivity contribution in [2.75, 3.05) is 26.3 Å². The number of benzene rings is 1. The molecule has 0 radical (unpaired) electrons. The summed E-state index contributed by atoms with van der Waals surface area (Å²) in [4.78, 5) is 0. The van der Waals surface area contributed by atoms with Crippen molar-refractivity contribution in [3.63, 3.8) is 0 Å². The van der Waals surface area contributed by atoms with E-state index < -0.39 is 6.10 Å². The van der Waals surface area contributed by atoms with E-state index in [2.05, 4.69) is 12.2 Å². The number of hydrogen-bond acceptors (Lipinski definition) is 4. The van der Waals surface area contributed by atoms with Crippen LogP contribution in [0, 0.1) is 6.92 Å². The summed E-state index contributed by atoms with van der Waals surface area (Å²) in [7, 11) is 0. The van der Waals surface area contributed by atoms with E-state index in [9.17, 15) is 5.11 Å². The second-order valence-electron chi connectivity index (χ2n) is 5.91. The van der Waals surface area contributed by atoms with Gasteiger partial charge in [0, 0.05) is 24.7 Å². The molecule has 4 nitrogen and oxygen atoms in total. The molecular weight excluding hydrogens is 290 g/mol. The van der Waals surface area contributed by atoms with Crippen LogP contribution < -0.4 is 10.1 Å². The summed E-state index contributed by atoms with van der Waals surface area (Å²) in [6, 6.07) is 5.48. The normalized spacial score (nSPS) is 23.2. The van der Waals surface area contributed by atoms with Gasteiger partial charge < -0.3 is 19.9 Å². The highest BCUT2D eigenvalue weighted by atomic mass is 35.5. The van der Waals surface area contributed by atoms with Gasteiger partial charge >= 0.3 is 0 Å². The molecule has 2 rings (SSSR count). The molecule has 1 aliphatic rings. The molecule has 2 unspecified atom stereocenters. The smallest absolute Gasteiger partial charge is 0.119 e. The molecule has 0 amide bonds. The number of nitrogens with one attached hydrogen (secondary N) is 1. The predicted molar refractivity (Wildman–Crippen MR) is 84.2 cm³/mol. The average Bonchev–Trinajstić information content (AvgIpc) is 2.87. The molecule has 2 N–H and O–H groups in total. The van der Waals surface area contributed by atoms with Crippen molar-refractivity contribution in [3.05, 3.63) is 28.8 Å². The third-order valence-corrected chi connectivity index (χ3v) is 4.18. The molecule has 5 heteroatoms. The molecule has 118 valence electrons. The van der Waals surface area contributed by atoms with Gasteiger partial charge in [0.1, 0.15) is 18.5 Å². The molecular formula is C16H24ClNO3. The van der Waals surface area contributed by atoms with E-state index in [0.29, 0.717) is 6.54 Å². The fourth-order valence-electron chi connectivity index (χ4n) is 2.44. The Morgan fingerprint density at radius 1 is 1.52 bits per heavy atom. The first kappa shape index (κ1) is 16.6. The number of aryl methyl sites for hydroxylation is 1. The Balaban J connectivity index is 1.67. The molecule has 1 aromatic carbocycles. The lowest BCUT2D eigenvalue weighted by molar-refractivity contribution is 0.0170. The first-order valence-electron chi connectivity index (χ1n) is 7.40. The van der Waals surface area contributed by atoms with Gasteiger partial charge in [-0.2, -0.15) is 0 Å². The molecule has 21 heavy (non-hydrogen) atoms. The number of aliphatic hydroxyl groups excluding tert-OH is 1. The third kappa shape index (κ3) is 5.15. The summed E-state index contributed by atoms with van der Waals surface area (Å²) < 4.78 is 11.3. The van der Waals surface area contributed by atoms with E-state index in [0.717, 1.165) is 42.3 Å². The van der Waals surface area contributed by atoms with Gasteiger partial charge in [0.2, 0.25) is 0 Å². The van der Waals surface area contributed by atoms with Crippen LogP contribution in [0.1, 0.15) is 25.3 Å². The minimum Gasteiger partial charge on any atom is -0.491 e. The summed E-state index contributed by atoms with van der Waals surface area (Å²) in [5.74, 6) is 0.724. The maximum Gasteiger partial charge on any atom is 0.119 e. The Hall–Kier alpha value is -0.810. The molecule has 0 aliphatic carbocycles. The highest BCUT2D eigenvalue weighted by molar-refractivity contribution is 6.31. The standard InChI is InChI=1S/C16H24ClNO3/c1-12-8-14(4-5-15(12)17)20-10-13(19)9-18-11-16(2)6-3-7-21-16/h4-5,8,13,18-19H,3,6-7,9-11H2,1-2H3. The molecule has 0 bridgehead atoms. The fraction of sp³-hybridized carbons (Fsp3) is 0.625. The van der Waals surface area contributed by atoms with Gasteiger partial charge in [-0.15, -0.1) is 0 Å². The second kappa shape index (κ2) is 7.45. The molecule has 1 aliphatic heterocycles. The Morgan fingerprint density at radius 2 is 2.33 bits per heavy atom. The lowest BCUT2D eigenvalue weighted by Crippen LogP contribution is -2.41. The average molecular weight is 314 g/mol. The van der Waals surface area contributed by atoms with Crippen molar-refractivity contribution in [2.24, 2.45) is 0 Å². The van der Waals surface area contributed by atoms with E-state index >= 15 is 0 Å². The predicted octanol–water partition coefficient (Wildman–Crippen LogP) is 2.55. The minimum absolute atomic E-state index is 0.0894. The van der Waals surface area contributed by atoms with Crippen molar-refractivity contribution in [1.29, 1.82) is 0 Å². The molecule has 2 atom stereocenters. The van der Waals surface area contributed by atoms with Gasteiger partial charge in [0.15, 0.2) is 0 Å². The Kier molecular flexibility index (Phi) is 5.88. The third-order valence-electron chi connectivity index (χ3n) is 3.75. The van der Waals surface area contributed by atoms with Crippen molar-refractivity contribution in [3.8, 4) is 5.75 Å². The highest BCUT2D eigenvalue weighted by Crippen LogP contribution is 2.24. The Bertz CT molecular complexity index is 461. The molecule has 0 aromatic heterocycles. The zero-order valence-corrected chi connectivity index (χ0v) is 13.4. The van der Waals surface area contributed by atoms with E-state index in [1.54, 1.807) is 6.07 Å². The number of rotatable bonds is 7. The SMILES string of the molecule is Cc1cc(OCC(O)CNCC2(C)CCCO2)ccc1Cl. The van der Waals surface area contributed by atoms with Crippen LogP contribution in [-0.4, -0.2) is 43.1 Å².